The maximum Gasteiger partial charge on any atom is 0.336 e. The number of methoxy groups -OCH3 is 1. The van der Waals surface area contributed by atoms with Crippen molar-refractivity contribution in [3.05, 3.63) is 30.0 Å². The van der Waals surface area contributed by atoms with Gasteiger partial charge in [-0.1, -0.05) is 6.07 Å². The Morgan fingerprint density at radius 3 is 3.06 bits per heavy atom. The van der Waals surface area contributed by atoms with Gasteiger partial charge in [0, 0.05) is 25.2 Å². The van der Waals surface area contributed by atoms with E-state index in [9.17, 15) is 4.79 Å². The summed E-state index contributed by atoms with van der Waals surface area (Å²) in [4.78, 5) is 19.4. The van der Waals surface area contributed by atoms with Gasteiger partial charge >= 0.3 is 5.97 Å². The minimum atomic E-state index is -0.982. The van der Waals surface area contributed by atoms with Crippen LogP contribution in [0.25, 0.3) is 10.9 Å². The highest BCUT2D eigenvalue weighted by atomic mass is 16.5. The summed E-state index contributed by atoms with van der Waals surface area (Å²) in [5.74, 6) is -0.522. The monoisotopic (exact) mass is 247 g/mol. The summed E-state index contributed by atoms with van der Waals surface area (Å²) >= 11 is 0. The molecule has 0 radical (unpaired) electrons. The van der Waals surface area contributed by atoms with Gasteiger partial charge in [-0.25, -0.2) is 14.8 Å². The van der Waals surface area contributed by atoms with Crippen molar-refractivity contribution in [3.8, 4) is 0 Å². The Hall–Kier alpha value is -2.21. The highest BCUT2D eigenvalue weighted by Gasteiger charge is 2.09. The van der Waals surface area contributed by atoms with E-state index >= 15 is 0 Å². The fraction of sp³-hybridized carbons (Fsp3) is 0.250. The Morgan fingerprint density at radius 2 is 2.33 bits per heavy atom. The first-order chi connectivity index (χ1) is 8.72. The lowest BCUT2D eigenvalue weighted by Gasteiger charge is -2.06. The summed E-state index contributed by atoms with van der Waals surface area (Å²) in [7, 11) is 1.61. The van der Waals surface area contributed by atoms with Crippen molar-refractivity contribution in [2.24, 2.45) is 0 Å². The molecule has 1 heterocycles. The topological polar surface area (TPSA) is 84.3 Å². The summed E-state index contributed by atoms with van der Waals surface area (Å²) in [6.07, 6.45) is 1.51. The maximum absolute atomic E-state index is 11.0. The smallest absolute Gasteiger partial charge is 0.336 e. The molecule has 0 aliphatic carbocycles. The number of ether oxygens (including phenoxy) is 1. The van der Waals surface area contributed by atoms with Crippen molar-refractivity contribution in [1.82, 2.24) is 9.97 Å². The lowest BCUT2D eigenvalue weighted by Crippen LogP contribution is -2.10. The van der Waals surface area contributed by atoms with E-state index in [-0.39, 0.29) is 5.56 Å². The second kappa shape index (κ2) is 5.42. The quantitative estimate of drug-likeness (QED) is 0.777. The van der Waals surface area contributed by atoms with Gasteiger partial charge in [-0.15, -0.1) is 0 Å². The summed E-state index contributed by atoms with van der Waals surface area (Å²) < 4.78 is 4.91. The standard InChI is InChI=1S/C12H13N3O3/c1-18-6-5-13-12-14-7-9-8(11(16)17)3-2-4-10(9)15-12/h2-4,7H,5-6H2,1H3,(H,16,17)(H,13,14,15). The van der Waals surface area contributed by atoms with Crippen molar-refractivity contribution in [2.75, 3.05) is 25.6 Å². The summed E-state index contributed by atoms with van der Waals surface area (Å²) in [5.41, 5.74) is 0.806. The number of nitrogens with one attached hydrogen (secondary N) is 1. The van der Waals surface area contributed by atoms with E-state index in [0.29, 0.717) is 30.0 Å². The Bertz CT molecular complexity index is 571. The number of nitrogens with zero attached hydrogens (tertiary/aromatic N) is 2. The number of hydrogen-bond donors (Lipinski definition) is 2. The zero-order valence-corrected chi connectivity index (χ0v) is 9.88. The van der Waals surface area contributed by atoms with E-state index in [0.717, 1.165) is 0 Å². The first-order valence-electron chi connectivity index (χ1n) is 5.44. The minimum absolute atomic E-state index is 0.205. The van der Waals surface area contributed by atoms with Crippen molar-refractivity contribution in [2.45, 2.75) is 0 Å². The molecule has 0 bridgehead atoms. The van der Waals surface area contributed by atoms with Crippen LogP contribution in [0.3, 0.4) is 0 Å². The van der Waals surface area contributed by atoms with Gasteiger partial charge in [-0.05, 0) is 12.1 Å². The first-order valence-corrected chi connectivity index (χ1v) is 5.44. The van der Waals surface area contributed by atoms with E-state index in [4.69, 9.17) is 9.84 Å². The number of hydrogen-bond acceptors (Lipinski definition) is 5. The highest BCUT2D eigenvalue weighted by molar-refractivity contribution is 6.02. The Kier molecular flexibility index (Phi) is 3.69. The van der Waals surface area contributed by atoms with Crippen LogP contribution < -0.4 is 5.32 Å². The summed E-state index contributed by atoms with van der Waals surface area (Å²) in [6.45, 7) is 1.15. The van der Waals surface area contributed by atoms with Crippen molar-refractivity contribution in [1.29, 1.82) is 0 Å². The van der Waals surface area contributed by atoms with Crippen LogP contribution in [0.4, 0.5) is 5.95 Å². The third-order valence-electron chi connectivity index (χ3n) is 2.45. The van der Waals surface area contributed by atoms with Crippen LogP contribution >= 0.6 is 0 Å². The SMILES string of the molecule is COCCNc1ncc2c(C(=O)O)cccc2n1. The number of carboxylic acids is 1. The molecule has 0 spiro atoms. The molecule has 2 N–H and O–H groups in total. The fourth-order valence-electron chi connectivity index (χ4n) is 1.59. The molecular weight excluding hydrogens is 234 g/mol. The van der Waals surface area contributed by atoms with Gasteiger partial charge in [0.2, 0.25) is 5.95 Å². The average Bonchev–Trinajstić information content (AvgIpc) is 2.38. The van der Waals surface area contributed by atoms with Gasteiger partial charge in [0.1, 0.15) is 0 Å². The van der Waals surface area contributed by atoms with Crippen LogP contribution in [0.15, 0.2) is 24.4 Å². The number of fused-ring (bicyclic) bond motifs is 1. The molecule has 0 unspecified atom stereocenters. The van der Waals surface area contributed by atoms with Crippen LogP contribution in [0.5, 0.6) is 0 Å². The van der Waals surface area contributed by atoms with Crippen molar-refractivity contribution < 1.29 is 14.6 Å². The second-order valence-electron chi connectivity index (χ2n) is 3.66. The second-order valence-corrected chi connectivity index (χ2v) is 3.66. The van der Waals surface area contributed by atoms with E-state index in [2.05, 4.69) is 15.3 Å². The molecule has 18 heavy (non-hydrogen) atoms. The third kappa shape index (κ3) is 2.54. The number of aromatic nitrogens is 2. The normalized spacial score (nSPS) is 10.5. The molecule has 0 aliphatic heterocycles. The zero-order chi connectivity index (χ0) is 13.0. The Labute approximate surface area is 104 Å². The minimum Gasteiger partial charge on any atom is -0.478 e. The van der Waals surface area contributed by atoms with Gasteiger partial charge in [-0.2, -0.15) is 0 Å². The van der Waals surface area contributed by atoms with E-state index in [1.807, 2.05) is 0 Å². The third-order valence-corrected chi connectivity index (χ3v) is 2.45. The number of aromatic carboxylic acids is 1. The lowest BCUT2D eigenvalue weighted by atomic mass is 10.1. The number of anilines is 1. The zero-order valence-electron chi connectivity index (χ0n) is 9.88. The predicted octanol–water partition coefficient (Wildman–Crippen LogP) is 1.39. The molecule has 0 amide bonds. The summed E-state index contributed by atoms with van der Waals surface area (Å²) in [5, 5.41) is 12.6. The summed E-state index contributed by atoms with van der Waals surface area (Å²) in [6, 6.07) is 4.95. The van der Waals surface area contributed by atoms with Gasteiger partial charge in [0.25, 0.3) is 0 Å². The molecule has 1 aromatic carbocycles. The van der Waals surface area contributed by atoms with E-state index in [1.165, 1.54) is 12.3 Å². The molecule has 94 valence electrons. The number of benzene rings is 1. The fourth-order valence-corrected chi connectivity index (χ4v) is 1.59. The maximum atomic E-state index is 11.0. The average molecular weight is 247 g/mol. The predicted molar refractivity (Wildman–Crippen MR) is 66.9 cm³/mol. The Morgan fingerprint density at radius 1 is 1.50 bits per heavy atom. The van der Waals surface area contributed by atoms with Crippen LogP contribution in [-0.2, 0) is 4.74 Å². The van der Waals surface area contributed by atoms with Crippen LogP contribution in [-0.4, -0.2) is 41.3 Å². The molecule has 6 nitrogen and oxygen atoms in total. The highest BCUT2D eigenvalue weighted by Crippen LogP contribution is 2.17. The molecule has 2 aromatic rings. The molecule has 0 fully saturated rings. The molecule has 6 heteroatoms. The largest absolute Gasteiger partial charge is 0.478 e. The van der Waals surface area contributed by atoms with Crippen LogP contribution in [0, 0.1) is 0 Å². The van der Waals surface area contributed by atoms with Gasteiger partial charge in [-0.3, -0.25) is 0 Å². The number of carboxylic acid groups (broad SMARTS) is 1. The van der Waals surface area contributed by atoms with Gasteiger partial charge in [0.05, 0.1) is 17.7 Å². The lowest BCUT2D eigenvalue weighted by molar-refractivity contribution is 0.0699. The molecule has 2 rings (SSSR count). The molecule has 0 saturated carbocycles. The van der Waals surface area contributed by atoms with E-state index < -0.39 is 5.97 Å². The van der Waals surface area contributed by atoms with Crippen molar-refractivity contribution >= 4 is 22.8 Å². The number of rotatable bonds is 5. The van der Waals surface area contributed by atoms with Gasteiger partial charge in [0.15, 0.2) is 0 Å². The number of carbonyl (C=O) groups is 1. The molecule has 0 saturated heterocycles. The van der Waals surface area contributed by atoms with E-state index in [1.54, 1.807) is 19.2 Å². The van der Waals surface area contributed by atoms with Crippen LogP contribution in [0.2, 0.25) is 0 Å². The molecule has 0 atom stereocenters. The molecule has 0 aliphatic rings. The van der Waals surface area contributed by atoms with Crippen LogP contribution in [0.1, 0.15) is 10.4 Å². The van der Waals surface area contributed by atoms with Crippen molar-refractivity contribution in [3.63, 3.8) is 0 Å². The Balaban J connectivity index is 2.32. The first kappa shape index (κ1) is 12.3. The van der Waals surface area contributed by atoms with Gasteiger partial charge < -0.3 is 15.2 Å². The molecule has 1 aromatic heterocycles. The molecular formula is C12H13N3O3.